The van der Waals surface area contributed by atoms with Crippen LogP contribution in [-0.4, -0.2) is 17.0 Å². The van der Waals surface area contributed by atoms with Gasteiger partial charge in [0.05, 0.1) is 11.3 Å². The molecule has 0 aliphatic heterocycles. The maximum atomic E-state index is 10.6. The third kappa shape index (κ3) is 3.42. The van der Waals surface area contributed by atoms with Gasteiger partial charge in [-0.3, -0.25) is 10.6 Å². The van der Waals surface area contributed by atoms with E-state index in [9.17, 15) is 9.59 Å². The van der Waals surface area contributed by atoms with Crippen LogP contribution < -0.4 is 11.3 Å². The van der Waals surface area contributed by atoms with Crippen molar-refractivity contribution in [3.05, 3.63) is 29.5 Å². The summed E-state index contributed by atoms with van der Waals surface area (Å²) in [5.41, 5.74) is 2.53. The second-order valence-corrected chi connectivity index (χ2v) is 2.44. The van der Waals surface area contributed by atoms with Gasteiger partial charge in [-0.15, -0.1) is 24.8 Å². The minimum Gasteiger partial charge on any atom is -0.481 e. The minimum atomic E-state index is -1.10. The molecule has 7 heteroatoms. The number of hydrazine groups is 1. The van der Waals surface area contributed by atoms with E-state index in [-0.39, 0.29) is 36.1 Å². The van der Waals surface area contributed by atoms with Gasteiger partial charge in [-0.2, -0.15) is 0 Å². The van der Waals surface area contributed by atoms with Gasteiger partial charge in [0.15, 0.2) is 0 Å². The van der Waals surface area contributed by atoms with Crippen molar-refractivity contribution < 1.29 is 14.7 Å². The van der Waals surface area contributed by atoms with Crippen molar-refractivity contribution in [2.75, 3.05) is 0 Å². The molecule has 0 aromatic rings. The van der Waals surface area contributed by atoms with Gasteiger partial charge in [0, 0.05) is 0 Å². The number of rotatable bonds is 2. The normalized spacial score (nSPS) is 17.8. The number of hydrogen-bond donors (Lipinski definition) is 3. The first-order valence-electron chi connectivity index (χ1n) is 3.54. The van der Waals surface area contributed by atoms with Gasteiger partial charge < -0.3 is 10.5 Å². The molecule has 15 heavy (non-hydrogen) atoms. The first kappa shape index (κ1) is 16.2. The lowest BCUT2D eigenvalue weighted by Crippen LogP contribution is -2.28. The molecule has 0 spiro atoms. The molecule has 1 atom stereocenters. The zero-order chi connectivity index (χ0) is 9.84. The Bertz CT molecular complexity index is 346. The van der Waals surface area contributed by atoms with E-state index in [0.29, 0.717) is 0 Å². The maximum absolute atomic E-state index is 10.6. The van der Waals surface area contributed by atoms with Crippen LogP contribution in [0.5, 0.6) is 0 Å². The van der Waals surface area contributed by atoms with Crippen LogP contribution in [-0.2, 0) is 9.59 Å². The third-order valence-corrected chi connectivity index (χ3v) is 1.70. The molecular weight excluding hydrogens is 243 g/mol. The van der Waals surface area contributed by atoms with Crippen LogP contribution in [0.15, 0.2) is 29.5 Å². The summed E-state index contributed by atoms with van der Waals surface area (Å²) in [6.07, 6.45) is 4.43. The molecule has 0 aromatic carbocycles. The van der Waals surface area contributed by atoms with E-state index >= 15 is 0 Å². The first-order valence-corrected chi connectivity index (χ1v) is 3.54. The Hall–Kier alpha value is -1.26. The number of nitrogens with one attached hydrogen (secondary N) is 1. The molecule has 1 rings (SSSR count). The van der Waals surface area contributed by atoms with Crippen LogP contribution in [0, 0.1) is 5.92 Å². The lowest BCUT2D eigenvalue weighted by Gasteiger charge is -2.15. The van der Waals surface area contributed by atoms with Crippen molar-refractivity contribution in [3.63, 3.8) is 0 Å². The van der Waals surface area contributed by atoms with Gasteiger partial charge >= 0.3 is 5.97 Å². The Kier molecular flexibility index (Phi) is 7.65. The number of carboxylic acids is 1. The zero-order valence-electron chi connectivity index (χ0n) is 7.47. The van der Waals surface area contributed by atoms with Crippen molar-refractivity contribution >= 4 is 36.7 Å². The molecule has 0 amide bonds. The lowest BCUT2D eigenvalue weighted by atomic mass is 9.93. The molecule has 1 aliphatic rings. The maximum Gasteiger partial charge on any atom is 0.315 e. The molecule has 4 N–H and O–H groups in total. The van der Waals surface area contributed by atoms with E-state index in [4.69, 9.17) is 10.9 Å². The van der Waals surface area contributed by atoms with E-state index < -0.39 is 11.9 Å². The molecule has 0 bridgehead atoms. The fourth-order valence-electron chi connectivity index (χ4n) is 1.07. The summed E-state index contributed by atoms with van der Waals surface area (Å²) in [6.45, 7) is 0. The average molecular weight is 253 g/mol. The number of hydrogen-bond acceptors (Lipinski definition) is 4. The molecular formula is C8H10Cl2N2O3. The molecule has 0 aromatic heterocycles. The van der Waals surface area contributed by atoms with Crippen LogP contribution in [0.1, 0.15) is 0 Å². The first-order chi connectivity index (χ1) is 6.20. The molecule has 84 valence electrons. The molecule has 5 nitrogen and oxygen atoms in total. The largest absolute Gasteiger partial charge is 0.481 e. The average Bonchev–Trinajstić information content (AvgIpc) is 2.16. The Morgan fingerprint density at radius 1 is 1.53 bits per heavy atom. The number of allylic oxidation sites excluding steroid dienone is 3. The molecule has 0 fully saturated rings. The van der Waals surface area contributed by atoms with Gasteiger partial charge in [0.2, 0.25) is 0 Å². The standard InChI is InChI=1S/C8H8N2O3.2ClH/c9-10-7-3-1-2-5(8(12)13)6(7)4-11;;/h1-3,5,10H,9H2,(H,12,13);2*1H. The van der Waals surface area contributed by atoms with Crippen LogP contribution in [0.25, 0.3) is 0 Å². The van der Waals surface area contributed by atoms with Gasteiger partial charge in [-0.1, -0.05) is 12.2 Å². The number of carbonyl (C=O) groups excluding carboxylic acids is 1. The van der Waals surface area contributed by atoms with E-state index in [1.54, 1.807) is 5.94 Å². The topological polar surface area (TPSA) is 92.4 Å². The highest BCUT2D eigenvalue weighted by molar-refractivity contribution is 5.85. The van der Waals surface area contributed by atoms with Crippen molar-refractivity contribution in [2.45, 2.75) is 0 Å². The fourth-order valence-corrected chi connectivity index (χ4v) is 1.07. The van der Waals surface area contributed by atoms with Crippen molar-refractivity contribution in [2.24, 2.45) is 11.8 Å². The summed E-state index contributed by atoms with van der Waals surface area (Å²) in [5.74, 6) is 4.58. The summed E-state index contributed by atoms with van der Waals surface area (Å²) in [7, 11) is 0. The smallest absolute Gasteiger partial charge is 0.315 e. The highest BCUT2D eigenvalue weighted by Crippen LogP contribution is 2.20. The van der Waals surface area contributed by atoms with Crippen LogP contribution in [0.2, 0.25) is 0 Å². The lowest BCUT2D eigenvalue weighted by molar-refractivity contribution is -0.138. The monoisotopic (exact) mass is 252 g/mol. The highest BCUT2D eigenvalue weighted by Gasteiger charge is 2.25. The summed E-state index contributed by atoms with van der Waals surface area (Å²) in [6, 6.07) is 0. The molecule has 1 aliphatic carbocycles. The Labute approximate surface area is 98.5 Å². The van der Waals surface area contributed by atoms with E-state index in [1.165, 1.54) is 18.2 Å². The Morgan fingerprint density at radius 2 is 2.13 bits per heavy atom. The summed E-state index contributed by atoms with van der Waals surface area (Å²) >= 11 is 0. The van der Waals surface area contributed by atoms with Crippen LogP contribution >= 0.6 is 24.8 Å². The van der Waals surface area contributed by atoms with E-state index in [2.05, 4.69) is 5.43 Å². The number of nitrogens with two attached hydrogens (primary N) is 1. The fraction of sp³-hybridized carbons (Fsp3) is 0.125. The predicted molar refractivity (Wildman–Crippen MR) is 59.4 cm³/mol. The third-order valence-electron chi connectivity index (χ3n) is 1.70. The Balaban J connectivity index is 0. The van der Waals surface area contributed by atoms with Crippen molar-refractivity contribution in [3.8, 4) is 0 Å². The molecule has 0 saturated carbocycles. The number of carboxylic acid groups (broad SMARTS) is 1. The van der Waals surface area contributed by atoms with Gasteiger partial charge in [0.25, 0.3) is 0 Å². The minimum absolute atomic E-state index is 0. The van der Waals surface area contributed by atoms with Gasteiger partial charge in [-0.05, 0) is 6.08 Å². The second-order valence-electron chi connectivity index (χ2n) is 2.44. The quantitative estimate of drug-likeness (QED) is 0.371. The SMILES string of the molecule is Cl.Cl.NNC1=CC=CC(C(=O)O)C1=C=O. The Morgan fingerprint density at radius 3 is 2.53 bits per heavy atom. The summed E-state index contributed by atoms with van der Waals surface area (Å²) < 4.78 is 0. The number of carbonyl (C=O) groups is 1. The van der Waals surface area contributed by atoms with Crippen molar-refractivity contribution in [1.29, 1.82) is 0 Å². The molecule has 0 heterocycles. The zero-order valence-corrected chi connectivity index (χ0v) is 9.10. The molecule has 0 radical (unpaired) electrons. The van der Waals surface area contributed by atoms with E-state index in [0.717, 1.165) is 0 Å². The molecule has 1 unspecified atom stereocenters. The summed E-state index contributed by atoms with van der Waals surface area (Å²) in [5, 5.41) is 8.71. The number of aliphatic carboxylic acids is 1. The van der Waals surface area contributed by atoms with Gasteiger partial charge in [-0.25, -0.2) is 4.79 Å². The molecule has 0 saturated heterocycles. The second kappa shape index (κ2) is 7.09. The van der Waals surface area contributed by atoms with Gasteiger partial charge in [0.1, 0.15) is 11.9 Å². The predicted octanol–water partition coefficient (Wildman–Crippen LogP) is 0.206. The van der Waals surface area contributed by atoms with Crippen molar-refractivity contribution in [1.82, 2.24) is 5.43 Å². The highest BCUT2D eigenvalue weighted by atomic mass is 35.5. The van der Waals surface area contributed by atoms with E-state index in [1.807, 2.05) is 0 Å². The number of halogens is 2. The van der Waals surface area contributed by atoms with Crippen LogP contribution in [0.3, 0.4) is 0 Å². The summed E-state index contributed by atoms with van der Waals surface area (Å²) in [4.78, 5) is 21.1. The van der Waals surface area contributed by atoms with Crippen LogP contribution in [0.4, 0.5) is 0 Å².